The van der Waals surface area contributed by atoms with Gasteiger partial charge in [-0.05, 0) is 12.7 Å². The van der Waals surface area contributed by atoms with Crippen LogP contribution in [0.5, 0.6) is 5.88 Å². The van der Waals surface area contributed by atoms with Gasteiger partial charge in [0.25, 0.3) is 0 Å². The molecule has 0 amide bonds. The van der Waals surface area contributed by atoms with Gasteiger partial charge in [0.15, 0.2) is 5.16 Å². The topological polar surface area (TPSA) is 61.0 Å². The first kappa shape index (κ1) is 10.1. The van der Waals surface area contributed by atoms with E-state index in [2.05, 4.69) is 9.97 Å². The van der Waals surface area contributed by atoms with Gasteiger partial charge in [-0.25, -0.2) is 4.98 Å². The Labute approximate surface area is 81.9 Å². The number of hydrogen-bond donors (Lipinski definition) is 1. The Bertz CT molecular complexity index is 280. The summed E-state index contributed by atoms with van der Waals surface area (Å²) in [5, 5.41) is 0.645. The van der Waals surface area contributed by atoms with Crippen molar-refractivity contribution in [1.82, 2.24) is 9.97 Å². The van der Waals surface area contributed by atoms with Crippen LogP contribution in [0.1, 0.15) is 13.3 Å². The van der Waals surface area contributed by atoms with Crippen LogP contribution >= 0.6 is 11.8 Å². The Kier molecular flexibility index (Phi) is 3.82. The number of nitrogens with zero attached hydrogens (tertiary/aromatic N) is 2. The highest BCUT2D eigenvalue weighted by Crippen LogP contribution is 2.16. The first-order valence-electron chi connectivity index (χ1n) is 4.07. The van der Waals surface area contributed by atoms with Crippen molar-refractivity contribution in [2.24, 2.45) is 0 Å². The molecule has 4 nitrogen and oxygen atoms in total. The zero-order chi connectivity index (χ0) is 9.68. The van der Waals surface area contributed by atoms with Gasteiger partial charge < -0.3 is 10.5 Å². The molecule has 0 spiro atoms. The minimum Gasteiger partial charge on any atom is -0.478 e. The standard InChI is InChI=1S/C8H13N3OS/c1-3-4-12-7-5-6(9)10-8(11-7)13-2/h5H,3-4H2,1-2H3,(H2,9,10,11). The molecule has 5 heteroatoms. The maximum atomic E-state index is 5.56. The van der Waals surface area contributed by atoms with Crippen molar-refractivity contribution in [2.75, 3.05) is 18.6 Å². The molecule has 72 valence electrons. The van der Waals surface area contributed by atoms with Crippen molar-refractivity contribution < 1.29 is 4.74 Å². The quantitative estimate of drug-likeness (QED) is 0.589. The summed E-state index contributed by atoms with van der Waals surface area (Å²) in [5.41, 5.74) is 5.56. The predicted octanol–water partition coefficient (Wildman–Crippen LogP) is 1.57. The second-order valence-electron chi connectivity index (χ2n) is 2.47. The molecule has 1 rings (SSSR count). The molecule has 0 aliphatic rings. The molecule has 0 aromatic carbocycles. The minimum atomic E-state index is 0.449. The predicted molar refractivity (Wildman–Crippen MR) is 54.0 cm³/mol. The molecule has 1 aromatic heterocycles. The summed E-state index contributed by atoms with van der Waals surface area (Å²) in [6, 6.07) is 1.63. The number of thioether (sulfide) groups is 1. The molecule has 0 radical (unpaired) electrons. The van der Waals surface area contributed by atoms with Crippen molar-refractivity contribution in [1.29, 1.82) is 0 Å². The van der Waals surface area contributed by atoms with Crippen LogP contribution in [-0.4, -0.2) is 22.8 Å². The Balaban J connectivity index is 2.76. The summed E-state index contributed by atoms with van der Waals surface area (Å²) in [4.78, 5) is 8.15. The van der Waals surface area contributed by atoms with Crippen LogP contribution in [0.4, 0.5) is 5.82 Å². The van der Waals surface area contributed by atoms with Crippen LogP contribution in [0.25, 0.3) is 0 Å². The van der Waals surface area contributed by atoms with Crippen molar-refractivity contribution in [3.05, 3.63) is 6.07 Å². The average Bonchev–Trinajstić information content (AvgIpc) is 2.14. The van der Waals surface area contributed by atoms with E-state index in [0.717, 1.165) is 6.42 Å². The second-order valence-corrected chi connectivity index (χ2v) is 3.24. The number of aromatic nitrogens is 2. The number of nitrogen functional groups attached to an aromatic ring is 1. The molecule has 0 atom stereocenters. The summed E-state index contributed by atoms with van der Waals surface area (Å²) < 4.78 is 5.33. The van der Waals surface area contributed by atoms with E-state index in [1.165, 1.54) is 11.8 Å². The monoisotopic (exact) mass is 199 g/mol. The maximum absolute atomic E-state index is 5.56. The summed E-state index contributed by atoms with van der Waals surface area (Å²) >= 11 is 1.45. The molecular weight excluding hydrogens is 186 g/mol. The van der Waals surface area contributed by atoms with E-state index in [4.69, 9.17) is 10.5 Å². The van der Waals surface area contributed by atoms with Gasteiger partial charge in [-0.15, -0.1) is 0 Å². The fourth-order valence-corrected chi connectivity index (χ4v) is 1.17. The highest BCUT2D eigenvalue weighted by atomic mass is 32.2. The van der Waals surface area contributed by atoms with Crippen molar-refractivity contribution in [3.63, 3.8) is 0 Å². The second kappa shape index (κ2) is 4.91. The summed E-state index contributed by atoms with van der Waals surface area (Å²) in [5.74, 6) is 1.00. The van der Waals surface area contributed by atoms with Gasteiger partial charge in [-0.1, -0.05) is 18.7 Å². The van der Waals surface area contributed by atoms with Crippen LogP contribution in [0.2, 0.25) is 0 Å². The third-order valence-electron chi connectivity index (χ3n) is 1.34. The van der Waals surface area contributed by atoms with E-state index in [1.54, 1.807) is 6.07 Å². The number of rotatable bonds is 4. The van der Waals surface area contributed by atoms with Gasteiger partial charge in [-0.3, -0.25) is 0 Å². The van der Waals surface area contributed by atoms with Gasteiger partial charge in [-0.2, -0.15) is 4.98 Å². The molecule has 1 aromatic rings. The number of ether oxygens (including phenoxy) is 1. The molecule has 1 heterocycles. The van der Waals surface area contributed by atoms with E-state index >= 15 is 0 Å². The average molecular weight is 199 g/mol. The van der Waals surface area contributed by atoms with E-state index in [9.17, 15) is 0 Å². The number of anilines is 1. The Morgan fingerprint density at radius 3 is 2.92 bits per heavy atom. The molecule has 0 aliphatic carbocycles. The fourth-order valence-electron chi connectivity index (χ4n) is 0.793. The van der Waals surface area contributed by atoms with Crippen LogP contribution in [-0.2, 0) is 0 Å². The molecule has 0 unspecified atom stereocenters. The van der Waals surface area contributed by atoms with Crippen molar-refractivity contribution in [2.45, 2.75) is 18.5 Å². The third-order valence-corrected chi connectivity index (χ3v) is 1.89. The van der Waals surface area contributed by atoms with Crippen LogP contribution in [0.15, 0.2) is 11.2 Å². The zero-order valence-electron chi connectivity index (χ0n) is 7.78. The highest BCUT2D eigenvalue weighted by molar-refractivity contribution is 7.98. The van der Waals surface area contributed by atoms with Gasteiger partial charge >= 0.3 is 0 Å². The van der Waals surface area contributed by atoms with Gasteiger partial charge in [0.1, 0.15) is 5.82 Å². The van der Waals surface area contributed by atoms with E-state index in [0.29, 0.717) is 23.5 Å². The first-order chi connectivity index (χ1) is 6.26. The highest BCUT2D eigenvalue weighted by Gasteiger charge is 2.01. The summed E-state index contributed by atoms with van der Waals surface area (Å²) in [6.07, 6.45) is 2.86. The molecule has 0 fully saturated rings. The molecule has 0 saturated heterocycles. The first-order valence-corrected chi connectivity index (χ1v) is 5.30. The van der Waals surface area contributed by atoms with Gasteiger partial charge in [0.05, 0.1) is 6.61 Å². The lowest BCUT2D eigenvalue weighted by molar-refractivity contribution is 0.302. The normalized spacial score (nSPS) is 10.0. The molecule has 0 saturated carbocycles. The molecule has 0 aliphatic heterocycles. The van der Waals surface area contributed by atoms with Crippen LogP contribution in [0.3, 0.4) is 0 Å². The minimum absolute atomic E-state index is 0.449. The van der Waals surface area contributed by atoms with Crippen LogP contribution in [0, 0.1) is 0 Å². The molecule has 2 N–H and O–H groups in total. The molecule has 0 bridgehead atoms. The van der Waals surface area contributed by atoms with E-state index < -0.39 is 0 Å². The molecule has 13 heavy (non-hydrogen) atoms. The molecular formula is C8H13N3OS. The SMILES string of the molecule is CCCOc1cc(N)nc(SC)n1. The largest absolute Gasteiger partial charge is 0.478 e. The van der Waals surface area contributed by atoms with E-state index in [-0.39, 0.29) is 0 Å². The van der Waals surface area contributed by atoms with Crippen molar-refractivity contribution in [3.8, 4) is 5.88 Å². The van der Waals surface area contributed by atoms with Gasteiger partial charge in [0.2, 0.25) is 5.88 Å². The van der Waals surface area contributed by atoms with E-state index in [1.807, 2.05) is 13.2 Å². The Hall–Kier alpha value is -0.970. The summed E-state index contributed by atoms with van der Waals surface area (Å²) in [7, 11) is 0. The lowest BCUT2D eigenvalue weighted by Crippen LogP contribution is -2.01. The zero-order valence-corrected chi connectivity index (χ0v) is 8.60. The lowest BCUT2D eigenvalue weighted by atomic mass is 10.5. The maximum Gasteiger partial charge on any atom is 0.219 e. The number of hydrogen-bond acceptors (Lipinski definition) is 5. The Morgan fingerprint density at radius 1 is 1.54 bits per heavy atom. The number of nitrogens with two attached hydrogens (primary N) is 1. The van der Waals surface area contributed by atoms with Crippen LogP contribution < -0.4 is 10.5 Å². The van der Waals surface area contributed by atoms with Crippen molar-refractivity contribution >= 4 is 17.6 Å². The fraction of sp³-hybridized carbons (Fsp3) is 0.500. The third kappa shape index (κ3) is 3.10. The summed E-state index contributed by atoms with van der Waals surface area (Å²) in [6.45, 7) is 2.70. The van der Waals surface area contributed by atoms with Gasteiger partial charge in [0, 0.05) is 6.07 Å². The lowest BCUT2D eigenvalue weighted by Gasteiger charge is -2.04. The smallest absolute Gasteiger partial charge is 0.219 e. The Morgan fingerprint density at radius 2 is 2.31 bits per heavy atom.